The van der Waals surface area contributed by atoms with Crippen molar-refractivity contribution < 1.29 is 58.9 Å². The maximum atomic E-state index is 4.17. The van der Waals surface area contributed by atoms with Gasteiger partial charge in [0, 0.05) is 58.9 Å². The monoisotopic (exact) mass is 386 g/mol. The molecule has 5 heteroatoms. The van der Waals surface area contributed by atoms with Crippen LogP contribution in [0.5, 0.6) is 0 Å². The smallest absolute Gasteiger partial charge is 0 e. The average molecular weight is 388 g/mol. The van der Waals surface area contributed by atoms with Crippen molar-refractivity contribution in [2.75, 3.05) is 0 Å². The molecular formula is AgCuSSnZn. The molecule has 0 aliphatic carbocycles. The van der Waals surface area contributed by atoms with Crippen LogP contribution in [0.3, 0.4) is 0 Å². The molecule has 0 nitrogen and oxygen atoms in total. The molecule has 0 atom stereocenters. The van der Waals surface area contributed by atoms with Gasteiger partial charge in [-0.2, -0.15) is 0 Å². The van der Waals surface area contributed by atoms with Crippen molar-refractivity contribution in [3.05, 3.63) is 0 Å². The Morgan fingerprint density at radius 1 is 1.20 bits per heavy atom. The minimum absolute atomic E-state index is 0. The Bertz CT molecular complexity index is 11.6. The molecule has 0 saturated carbocycles. The summed E-state index contributed by atoms with van der Waals surface area (Å²) >= 11 is 1.13. The Morgan fingerprint density at radius 3 is 1.20 bits per heavy atom. The largest absolute Gasteiger partial charge is 0 e. The molecule has 0 unspecified atom stereocenters. The van der Waals surface area contributed by atoms with Crippen LogP contribution in [0.1, 0.15) is 0 Å². The van der Waals surface area contributed by atoms with Gasteiger partial charge >= 0.3 is 29.9 Å². The van der Waals surface area contributed by atoms with Crippen molar-refractivity contribution in [3.8, 4) is 0 Å². The van der Waals surface area contributed by atoms with Gasteiger partial charge in [0.25, 0.3) is 0 Å². The SMILES string of the molecule is [Ag].[Cu].[S]=[Sn].[Zn]. The summed E-state index contributed by atoms with van der Waals surface area (Å²) in [6.45, 7) is 0. The van der Waals surface area contributed by atoms with E-state index in [1.807, 2.05) is 0 Å². The molecule has 0 amide bonds. The average Bonchev–Trinajstić information content (AvgIpc) is 1.00. The fourth-order valence-electron chi connectivity index (χ4n) is 0. The van der Waals surface area contributed by atoms with Crippen molar-refractivity contribution >= 4 is 29.9 Å². The molecule has 0 saturated heterocycles. The van der Waals surface area contributed by atoms with Gasteiger partial charge in [0.2, 0.25) is 0 Å². The molecule has 0 N–H and O–H groups in total. The second-order valence-corrected chi connectivity index (χ2v) is 0. The van der Waals surface area contributed by atoms with Crippen LogP contribution in [-0.4, -0.2) is 20.6 Å². The van der Waals surface area contributed by atoms with E-state index in [2.05, 4.69) is 9.29 Å². The Hall–Kier alpha value is 2.90. The Morgan fingerprint density at radius 2 is 1.20 bits per heavy atom. The van der Waals surface area contributed by atoms with Gasteiger partial charge in [0.15, 0.2) is 0 Å². The van der Waals surface area contributed by atoms with Crippen molar-refractivity contribution in [3.63, 3.8) is 0 Å². The molecule has 0 aromatic rings. The van der Waals surface area contributed by atoms with Crippen LogP contribution < -0.4 is 0 Å². The van der Waals surface area contributed by atoms with E-state index >= 15 is 0 Å². The first-order valence-corrected chi connectivity index (χ1v) is 4.11. The van der Waals surface area contributed by atoms with Crippen LogP contribution in [0, 0.1) is 0 Å². The van der Waals surface area contributed by atoms with E-state index in [0.29, 0.717) is 0 Å². The molecule has 34 valence electrons. The van der Waals surface area contributed by atoms with Gasteiger partial charge in [0.1, 0.15) is 0 Å². The van der Waals surface area contributed by atoms with E-state index in [1.54, 1.807) is 0 Å². The maximum Gasteiger partial charge on any atom is 0 e. The summed E-state index contributed by atoms with van der Waals surface area (Å²) in [5.41, 5.74) is 0. The Labute approximate surface area is 87.2 Å². The van der Waals surface area contributed by atoms with E-state index < -0.39 is 0 Å². The Kier molecular flexibility index (Phi) is 141. The molecule has 0 spiro atoms. The summed E-state index contributed by atoms with van der Waals surface area (Å²) in [4.78, 5) is 0. The van der Waals surface area contributed by atoms with Gasteiger partial charge in [0.05, 0.1) is 0 Å². The van der Waals surface area contributed by atoms with Gasteiger partial charge in [-0.1, -0.05) is 0 Å². The van der Waals surface area contributed by atoms with Gasteiger partial charge in [-0.05, 0) is 0 Å². The topological polar surface area (TPSA) is 0 Å². The molecule has 0 fully saturated rings. The van der Waals surface area contributed by atoms with Gasteiger partial charge in [-0.3, -0.25) is 0 Å². The Balaban J connectivity index is -0.00000000167. The zero-order chi connectivity index (χ0) is 2.00. The van der Waals surface area contributed by atoms with E-state index in [0.717, 1.165) is 20.6 Å². The molecule has 5 heavy (non-hydrogen) atoms. The zero-order valence-electron chi connectivity index (χ0n) is 2.22. The third kappa shape index (κ3) is 19.7. The minimum atomic E-state index is 0. The first-order chi connectivity index (χ1) is 1.00. The molecule has 0 aromatic carbocycles. The van der Waals surface area contributed by atoms with Gasteiger partial charge < -0.3 is 0 Å². The number of hydrogen-bond donors (Lipinski definition) is 0. The fourth-order valence-corrected chi connectivity index (χ4v) is 0. The van der Waals surface area contributed by atoms with E-state index in [-0.39, 0.29) is 58.9 Å². The van der Waals surface area contributed by atoms with E-state index in [9.17, 15) is 0 Å². The van der Waals surface area contributed by atoms with Crippen molar-refractivity contribution in [1.29, 1.82) is 0 Å². The van der Waals surface area contributed by atoms with Crippen LogP contribution >= 0.6 is 9.29 Å². The summed E-state index contributed by atoms with van der Waals surface area (Å²) in [5, 5.41) is 0. The van der Waals surface area contributed by atoms with Gasteiger partial charge in [-0.25, -0.2) is 0 Å². The molecular weight excluding hydrogens is 388 g/mol. The molecule has 0 aliphatic heterocycles. The second-order valence-electron chi connectivity index (χ2n) is 0. The predicted molar refractivity (Wildman–Crippen MR) is 13.3 cm³/mol. The summed E-state index contributed by atoms with van der Waals surface area (Å²) in [6.07, 6.45) is 0. The van der Waals surface area contributed by atoms with E-state index in [1.165, 1.54) is 0 Å². The number of rotatable bonds is 0. The molecule has 0 rings (SSSR count). The quantitative estimate of drug-likeness (QED) is 0.538. The first-order valence-electron chi connectivity index (χ1n) is 0.204. The van der Waals surface area contributed by atoms with E-state index in [4.69, 9.17) is 0 Å². The molecule has 0 heterocycles. The summed E-state index contributed by atoms with van der Waals surface area (Å²) in [7, 11) is 4.17. The molecule has 4 radical (unpaired) electrons. The third-order valence-electron chi connectivity index (χ3n) is 0. The van der Waals surface area contributed by atoms with Crippen LogP contribution in [0.4, 0.5) is 0 Å². The summed E-state index contributed by atoms with van der Waals surface area (Å²) < 4.78 is 0. The maximum absolute atomic E-state index is 4.17. The van der Waals surface area contributed by atoms with Crippen LogP contribution in [-0.2, 0) is 58.9 Å². The van der Waals surface area contributed by atoms with Crippen molar-refractivity contribution in [2.24, 2.45) is 0 Å². The fraction of sp³-hybridized carbons (Fsp3) is 0. The van der Waals surface area contributed by atoms with Crippen LogP contribution in [0.2, 0.25) is 0 Å². The molecule has 0 aliphatic rings. The summed E-state index contributed by atoms with van der Waals surface area (Å²) in [5.74, 6) is 0. The molecule has 0 bridgehead atoms. The first kappa shape index (κ1) is 24.7. The standard InChI is InChI=1S/Ag.Cu.S.Sn.Zn. The molecule has 0 aromatic heterocycles. The third-order valence-corrected chi connectivity index (χ3v) is 0. The predicted octanol–water partition coefficient (Wildman–Crippen LogP) is 0.260. The number of hydrogen-bond acceptors (Lipinski definition) is 1. The zero-order valence-corrected chi connectivity index (χ0v) is 11.3. The van der Waals surface area contributed by atoms with Gasteiger partial charge in [-0.15, -0.1) is 0 Å². The second kappa shape index (κ2) is 28.5. The van der Waals surface area contributed by atoms with Crippen LogP contribution in [0.25, 0.3) is 0 Å². The summed E-state index contributed by atoms with van der Waals surface area (Å²) in [6, 6.07) is 0. The van der Waals surface area contributed by atoms with Crippen molar-refractivity contribution in [2.45, 2.75) is 0 Å². The van der Waals surface area contributed by atoms with Crippen molar-refractivity contribution in [1.82, 2.24) is 0 Å². The minimum Gasteiger partial charge on any atom is 0 e. The normalized spacial score (nSPS) is 0.800. The van der Waals surface area contributed by atoms with Crippen LogP contribution in [0.15, 0.2) is 0 Å².